The summed E-state index contributed by atoms with van der Waals surface area (Å²) >= 11 is 0. The van der Waals surface area contributed by atoms with Gasteiger partial charge in [0.2, 0.25) is 0 Å². The van der Waals surface area contributed by atoms with Gasteiger partial charge in [-0.1, -0.05) is 12.1 Å². The maximum Gasteiger partial charge on any atom is 0.196 e. The van der Waals surface area contributed by atoms with Gasteiger partial charge in [-0.25, -0.2) is 0 Å². The van der Waals surface area contributed by atoms with E-state index in [0.29, 0.717) is 0 Å². The van der Waals surface area contributed by atoms with Crippen LogP contribution in [-0.2, 0) is 14.3 Å². The summed E-state index contributed by atoms with van der Waals surface area (Å²) in [5, 5.41) is 52.7. The number of hydrogen-bond donors (Lipinski definition) is 6. The number of phenols is 1. The molecule has 4 aliphatic rings. The molecule has 1 aromatic rings. The van der Waals surface area contributed by atoms with Gasteiger partial charge in [-0.2, -0.15) is 0 Å². The fraction of sp³-hybridized carbons (Fsp3) is 0.577. The summed E-state index contributed by atoms with van der Waals surface area (Å²) < 4.78 is 11.9. The largest absolute Gasteiger partial charge is 0.507 e. The van der Waals surface area contributed by atoms with Crippen molar-refractivity contribution in [3.8, 4) is 5.75 Å². The maximum absolute atomic E-state index is 13.4. The number of aliphatic hydroxyl groups is 4. The van der Waals surface area contributed by atoms with Crippen molar-refractivity contribution in [2.75, 3.05) is 6.61 Å². The molecule has 3 aliphatic carbocycles. The molecule has 11 nitrogen and oxygen atoms in total. The van der Waals surface area contributed by atoms with E-state index in [-0.39, 0.29) is 53.7 Å². The van der Waals surface area contributed by atoms with Crippen LogP contribution in [0, 0.1) is 11.8 Å². The average molecular weight is 518 g/mol. The van der Waals surface area contributed by atoms with Crippen LogP contribution in [0.1, 0.15) is 53.3 Å². The van der Waals surface area contributed by atoms with E-state index in [9.17, 15) is 39.9 Å². The SMILES string of the molecule is C[C@@H]1O[C@@H](O[C@H]2C[C@](O)(C(=O)CO)CC3CC4=C(C(=O)c5c(O)cccc5C4=O)C(O)C32)C[C@H](N)[C@@H]1O. The molecule has 0 amide bonds. The Labute approximate surface area is 212 Å². The molecule has 0 bridgehead atoms. The van der Waals surface area contributed by atoms with E-state index in [4.69, 9.17) is 15.2 Å². The van der Waals surface area contributed by atoms with Gasteiger partial charge in [0.25, 0.3) is 0 Å². The molecule has 0 spiro atoms. The predicted molar refractivity (Wildman–Crippen MR) is 125 cm³/mol. The third-order valence-electron chi connectivity index (χ3n) is 8.34. The standard InChI is InChI=1S/C26H31NO10/c1-10-22(31)14(27)6-18(36-10)37-16-8-26(35,17(30)9-28)7-11-5-13-21(24(33)19(11)16)25(34)20-12(23(13)32)3-2-4-15(20)29/h2-4,10-11,14,16,18-19,22,24,28-29,31,33,35H,5-9,27H2,1H3/t10-,11?,14-,16-,18-,19?,22+,24?,26-/m0/s1. The molecule has 7 N–H and O–H groups in total. The molecule has 1 aliphatic heterocycles. The van der Waals surface area contributed by atoms with Gasteiger partial charge < -0.3 is 40.7 Å². The number of hydrogen-bond acceptors (Lipinski definition) is 11. The van der Waals surface area contributed by atoms with Crippen molar-refractivity contribution in [3.63, 3.8) is 0 Å². The van der Waals surface area contributed by atoms with Crippen molar-refractivity contribution in [2.45, 2.75) is 75.0 Å². The number of benzene rings is 1. The molecule has 0 aromatic heterocycles. The Kier molecular flexibility index (Phi) is 6.60. The lowest BCUT2D eigenvalue weighted by Crippen LogP contribution is -2.60. The van der Waals surface area contributed by atoms with E-state index in [2.05, 4.69) is 0 Å². The normalized spacial score (nSPS) is 39.6. The average Bonchev–Trinajstić information content (AvgIpc) is 2.84. The van der Waals surface area contributed by atoms with Crippen LogP contribution in [0.2, 0.25) is 0 Å². The summed E-state index contributed by atoms with van der Waals surface area (Å²) in [6.45, 7) is 0.716. The summed E-state index contributed by atoms with van der Waals surface area (Å²) in [6.07, 6.45) is -5.36. The molecule has 3 unspecified atom stereocenters. The number of ketones is 3. The van der Waals surface area contributed by atoms with Crippen LogP contribution < -0.4 is 5.73 Å². The zero-order valence-corrected chi connectivity index (χ0v) is 20.2. The van der Waals surface area contributed by atoms with Crippen molar-refractivity contribution in [1.82, 2.24) is 0 Å². The van der Waals surface area contributed by atoms with E-state index < -0.39 is 78.1 Å². The van der Waals surface area contributed by atoms with Gasteiger partial charge in [0, 0.05) is 41.5 Å². The highest BCUT2D eigenvalue weighted by molar-refractivity contribution is 6.28. The number of rotatable bonds is 4. The Bertz CT molecular complexity index is 1170. The summed E-state index contributed by atoms with van der Waals surface area (Å²) in [5.74, 6) is -3.82. The van der Waals surface area contributed by atoms with E-state index in [1.165, 1.54) is 18.2 Å². The molecule has 2 fully saturated rings. The number of aliphatic hydroxyl groups excluding tert-OH is 3. The van der Waals surface area contributed by atoms with Gasteiger partial charge in [-0.15, -0.1) is 0 Å². The number of carbonyl (C=O) groups is 3. The van der Waals surface area contributed by atoms with Crippen LogP contribution in [-0.4, -0.2) is 91.8 Å². The summed E-state index contributed by atoms with van der Waals surface area (Å²) in [5.41, 5.74) is 3.83. The second kappa shape index (κ2) is 9.35. The Morgan fingerprint density at radius 3 is 2.62 bits per heavy atom. The van der Waals surface area contributed by atoms with Crippen molar-refractivity contribution in [3.05, 3.63) is 40.5 Å². The first-order valence-electron chi connectivity index (χ1n) is 12.4. The molecule has 1 aromatic carbocycles. The second-order valence-corrected chi connectivity index (χ2v) is 10.6. The lowest BCUT2D eigenvalue weighted by atomic mass is 9.59. The van der Waals surface area contributed by atoms with Crippen LogP contribution in [0.4, 0.5) is 0 Å². The minimum atomic E-state index is -1.99. The number of fused-ring (bicyclic) bond motifs is 2. The third kappa shape index (κ3) is 4.15. The van der Waals surface area contributed by atoms with Gasteiger partial charge in [0.15, 0.2) is 23.6 Å². The van der Waals surface area contributed by atoms with Gasteiger partial charge in [0.05, 0.1) is 30.0 Å². The van der Waals surface area contributed by atoms with Gasteiger partial charge in [-0.3, -0.25) is 14.4 Å². The van der Waals surface area contributed by atoms with Crippen LogP contribution in [0.3, 0.4) is 0 Å². The molecule has 37 heavy (non-hydrogen) atoms. The molecule has 11 heteroatoms. The fourth-order valence-corrected chi connectivity index (χ4v) is 6.47. The monoisotopic (exact) mass is 517 g/mol. The predicted octanol–water partition coefficient (Wildman–Crippen LogP) is -0.641. The van der Waals surface area contributed by atoms with Gasteiger partial charge in [-0.05, 0) is 31.7 Å². The molecule has 5 rings (SSSR count). The number of Topliss-reactive ketones (excluding diaryl/α,β-unsaturated/α-hetero) is 3. The smallest absolute Gasteiger partial charge is 0.196 e. The zero-order valence-electron chi connectivity index (χ0n) is 20.2. The first-order chi connectivity index (χ1) is 17.5. The van der Waals surface area contributed by atoms with E-state index in [1.807, 2.05) is 0 Å². The maximum atomic E-state index is 13.4. The van der Waals surface area contributed by atoms with E-state index in [1.54, 1.807) is 6.92 Å². The van der Waals surface area contributed by atoms with Crippen molar-refractivity contribution in [2.24, 2.45) is 17.6 Å². The minimum Gasteiger partial charge on any atom is -0.507 e. The summed E-state index contributed by atoms with van der Waals surface area (Å²) in [4.78, 5) is 39.3. The van der Waals surface area contributed by atoms with E-state index in [0.717, 1.165) is 0 Å². The summed E-state index contributed by atoms with van der Waals surface area (Å²) in [7, 11) is 0. The number of carbonyl (C=O) groups excluding carboxylic acids is 3. The van der Waals surface area contributed by atoms with Crippen molar-refractivity contribution < 1.29 is 49.4 Å². The molecular formula is C26H31NO10. The second-order valence-electron chi connectivity index (χ2n) is 10.6. The number of ether oxygens (including phenoxy) is 2. The Hall–Kier alpha value is -2.51. The Morgan fingerprint density at radius 2 is 1.95 bits per heavy atom. The lowest BCUT2D eigenvalue weighted by Gasteiger charge is -2.51. The molecule has 1 heterocycles. The van der Waals surface area contributed by atoms with Crippen molar-refractivity contribution >= 4 is 17.3 Å². The summed E-state index contributed by atoms with van der Waals surface area (Å²) in [6, 6.07) is 3.51. The van der Waals surface area contributed by atoms with Crippen LogP contribution in [0.15, 0.2) is 29.3 Å². The molecule has 1 saturated heterocycles. The first-order valence-corrected chi connectivity index (χ1v) is 12.4. The Balaban J connectivity index is 1.53. The lowest BCUT2D eigenvalue weighted by molar-refractivity contribution is -0.265. The highest BCUT2D eigenvalue weighted by Crippen LogP contribution is 2.51. The minimum absolute atomic E-state index is 0.0161. The quantitative estimate of drug-likeness (QED) is 0.297. The number of nitrogens with two attached hydrogens (primary N) is 1. The van der Waals surface area contributed by atoms with Gasteiger partial charge in [0.1, 0.15) is 18.0 Å². The molecule has 200 valence electrons. The first kappa shape index (κ1) is 26.1. The van der Waals surface area contributed by atoms with Crippen LogP contribution >= 0.6 is 0 Å². The Morgan fingerprint density at radius 1 is 1.22 bits per heavy atom. The number of phenolic OH excluding ortho intramolecular Hbond substituents is 1. The number of allylic oxidation sites excluding steroid dienone is 1. The van der Waals surface area contributed by atoms with Gasteiger partial charge >= 0.3 is 0 Å². The zero-order chi connectivity index (χ0) is 26.8. The molecule has 0 radical (unpaired) electrons. The third-order valence-corrected chi connectivity index (χ3v) is 8.34. The highest BCUT2D eigenvalue weighted by Gasteiger charge is 2.57. The van der Waals surface area contributed by atoms with Crippen molar-refractivity contribution in [1.29, 1.82) is 0 Å². The fourth-order valence-electron chi connectivity index (χ4n) is 6.47. The molecule has 9 atom stereocenters. The molecule has 1 saturated carbocycles. The van der Waals surface area contributed by atoms with Crippen LogP contribution in [0.5, 0.6) is 5.75 Å². The molecular weight excluding hydrogens is 486 g/mol. The topological polar surface area (TPSA) is 197 Å². The number of aromatic hydroxyl groups is 1. The highest BCUT2D eigenvalue weighted by atomic mass is 16.7. The van der Waals surface area contributed by atoms with Crippen LogP contribution in [0.25, 0.3) is 0 Å². The van der Waals surface area contributed by atoms with E-state index >= 15 is 0 Å².